The minimum absolute atomic E-state index is 0.143. The fourth-order valence-corrected chi connectivity index (χ4v) is 3.26. The summed E-state index contributed by atoms with van der Waals surface area (Å²) in [6, 6.07) is 11.7. The van der Waals surface area contributed by atoms with E-state index in [9.17, 15) is 17.6 Å². The highest BCUT2D eigenvalue weighted by Gasteiger charge is 2.16. The average molecular weight is 351 g/mol. The smallest absolute Gasteiger partial charge is 0.221 e. The van der Waals surface area contributed by atoms with Crippen molar-refractivity contribution >= 4 is 15.7 Å². The molecule has 0 fully saturated rings. The van der Waals surface area contributed by atoms with Gasteiger partial charge in [-0.15, -0.1) is 0 Å². The summed E-state index contributed by atoms with van der Waals surface area (Å²) >= 11 is 0. The number of carbonyl (C=O) groups excluding carboxylic acids is 1. The van der Waals surface area contributed by atoms with Crippen LogP contribution in [0.4, 0.5) is 4.39 Å². The Morgan fingerprint density at radius 1 is 1.08 bits per heavy atom. The van der Waals surface area contributed by atoms with E-state index in [0.29, 0.717) is 5.75 Å². The van der Waals surface area contributed by atoms with Gasteiger partial charge in [-0.1, -0.05) is 12.1 Å². The molecule has 0 saturated heterocycles. The van der Waals surface area contributed by atoms with Gasteiger partial charge in [0.15, 0.2) is 9.84 Å². The van der Waals surface area contributed by atoms with E-state index in [1.807, 2.05) is 0 Å². The van der Waals surface area contributed by atoms with Crippen molar-refractivity contribution in [1.82, 2.24) is 5.32 Å². The maximum Gasteiger partial charge on any atom is 0.221 e. The van der Waals surface area contributed by atoms with Gasteiger partial charge in [0, 0.05) is 13.0 Å². The monoisotopic (exact) mass is 351 g/mol. The Balaban J connectivity index is 1.86. The molecule has 0 aromatic heterocycles. The standard InChI is InChI=1S/C17H18FNO4S/c1-23-15-6-8-16(9-7-15)24(21,22)11-10-17(20)19-12-13-2-4-14(18)5-3-13/h2-9H,10-12H2,1H3,(H,19,20). The van der Waals surface area contributed by atoms with Gasteiger partial charge in [0.1, 0.15) is 11.6 Å². The Morgan fingerprint density at radius 3 is 2.29 bits per heavy atom. The molecular weight excluding hydrogens is 333 g/mol. The van der Waals surface area contributed by atoms with E-state index >= 15 is 0 Å². The molecule has 128 valence electrons. The van der Waals surface area contributed by atoms with Crippen LogP contribution in [0, 0.1) is 5.82 Å². The fraction of sp³-hybridized carbons (Fsp3) is 0.235. The first kappa shape index (κ1) is 17.9. The number of nitrogens with one attached hydrogen (secondary N) is 1. The zero-order valence-corrected chi connectivity index (χ0v) is 14.0. The predicted molar refractivity (Wildman–Crippen MR) is 87.9 cm³/mol. The number of carbonyl (C=O) groups is 1. The highest BCUT2D eigenvalue weighted by atomic mass is 32.2. The van der Waals surface area contributed by atoms with E-state index in [0.717, 1.165) is 5.56 Å². The first-order valence-electron chi connectivity index (χ1n) is 7.29. The summed E-state index contributed by atoms with van der Waals surface area (Å²) in [5.41, 5.74) is 0.739. The minimum atomic E-state index is -3.53. The zero-order chi connectivity index (χ0) is 17.6. The molecular formula is C17H18FNO4S. The molecule has 0 aliphatic heterocycles. The molecule has 0 aliphatic rings. The number of ether oxygens (including phenoxy) is 1. The van der Waals surface area contributed by atoms with E-state index in [1.54, 1.807) is 24.3 Å². The van der Waals surface area contributed by atoms with E-state index in [-0.39, 0.29) is 35.3 Å². The van der Waals surface area contributed by atoms with E-state index < -0.39 is 9.84 Å². The van der Waals surface area contributed by atoms with Crippen molar-refractivity contribution in [3.63, 3.8) is 0 Å². The summed E-state index contributed by atoms with van der Waals surface area (Å²) in [6.45, 7) is 0.224. The van der Waals surface area contributed by atoms with Crippen LogP contribution in [-0.2, 0) is 21.2 Å². The number of halogens is 1. The van der Waals surface area contributed by atoms with Crippen LogP contribution in [0.15, 0.2) is 53.4 Å². The van der Waals surface area contributed by atoms with Gasteiger partial charge in [0.2, 0.25) is 5.91 Å². The summed E-state index contributed by atoms with van der Waals surface area (Å²) in [7, 11) is -2.04. The molecule has 1 N–H and O–H groups in total. The molecule has 2 aromatic carbocycles. The second-order valence-corrected chi connectivity index (χ2v) is 7.26. The third-order valence-corrected chi connectivity index (χ3v) is 5.15. The van der Waals surface area contributed by atoms with Crippen LogP contribution >= 0.6 is 0 Å². The van der Waals surface area contributed by atoms with Gasteiger partial charge in [0.05, 0.1) is 17.8 Å². The van der Waals surface area contributed by atoms with Crippen LogP contribution in [-0.4, -0.2) is 27.2 Å². The number of rotatable bonds is 7. The summed E-state index contributed by atoms with van der Waals surface area (Å²) in [4.78, 5) is 11.9. The topological polar surface area (TPSA) is 72.5 Å². The molecule has 0 bridgehead atoms. The van der Waals surface area contributed by atoms with Crippen molar-refractivity contribution in [2.45, 2.75) is 17.9 Å². The Bertz CT molecular complexity index is 786. The maximum absolute atomic E-state index is 12.8. The number of amides is 1. The number of hydrogen-bond acceptors (Lipinski definition) is 4. The first-order chi connectivity index (χ1) is 11.4. The molecule has 2 aromatic rings. The third kappa shape index (κ3) is 5.06. The van der Waals surface area contributed by atoms with Gasteiger partial charge in [-0.3, -0.25) is 4.79 Å². The van der Waals surface area contributed by atoms with E-state index in [1.165, 1.54) is 31.4 Å². The van der Waals surface area contributed by atoms with Gasteiger partial charge < -0.3 is 10.1 Å². The SMILES string of the molecule is COc1ccc(S(=O)(=O)CCC(=O)NCc2ccc(F)cc2)cc1. The van der Waals surface area contributed by atoms with E-state index in [2.05, 4.69) is 5.32 Å². The molecule has 0 radical (unpaired) electrons. The Morgan fingerprint density at radius 2 is 1.71 bits per heavy atom. The van der Waals surface area contributed by atoms with Gasteiger partial charge in [0.25, 0.3) is 0 Å². The van der Waals surface area contributed by atoms with Crippen molar-refractivity contribution in [3.8, 4) is 5.75 Å². The highest BCUT2D eigenvalue weighted by Crippen LogP contribution is 2.17. The summed E-state index contributed by atoms with van der Waals surface area (Å²) in [5, 5.41) is 2.61. The van der Waals surface area contributed by atoms with Crippen LogP contribution in [0.1, 0.15) is 12.0 Å². The number of sulfone groups is 1. The number of hydrogen-bond donors (Lipinski definition) is 1. The Hall–Kier alpha value is -2.41. The number of methoxy groups -OCH3 is 1. The molecule has 1 amide bonds. The number of benzene rings is 2. The highest BCUT2D eigenvalue weighted by molar-refractivity contribution is 7.91. The van der Waals surface area contributed by atoms with Gasteiger partial charge in [-0.2, -0.15) is 0 Å². The molecule has 0 aliphatic carbocycles. The van der Waals surface area contributed by atoms with Crippen molar-refractivity contribution in [3.05, 3.63) is 59.9 Å². The largest absolute Gasteiger partial charge is 0.497 e. The van der Waals surface area contributed by atoms with Crippen molar-refractivity contribution < 1.29 is 22.3 Å². The van der Waals surface area contributed by atoms with Crippen LogP contribution in [0.5, 0.6) is 5.75 Å². The summed E-state index contributed by atoms with van der Waals surface area (Å²) < 4.78 is 42.1. The predicted octanol–water partition coefficient (Wildman–Crippen LogP) is 2.31. The van der Waals surface area contributed by atoms with Crippen LogP contribution in [0.3, 0.4) is 0 Å². The first-order valence-corrected chi connectivity index (χ1v) is 8.94. The molecule has 0 saturated carbocycles. The zero-order valence-electron chi connectivity index (χ0n) is 13.2. The second kappa shape index (κ2) is 7.92. The van der Waals surface area contributed by atoms with Crippen molar-refractivity contribution in [1.29, 1.82) is 0 Å². The molecule has 2 rings (SSSR count). The Labute approximate surface area is 140 Å². The molecule has 24 heavy (non-hydrogen) atoms. The van der Waals surface area contributed by atoms with Crippen LogP contribution < -0.4 is 10.1 Å². The van der Waals surface area contributed by atoms with Crippen molar-refractivity contribution in [2.75, 3.05) is 12.9 Å². The summed E-state index contributed by atoms with van der Waals surface area (Å²) in [5.74, 6) is -0.452. The molecule has 5 nitrogen and oxygen atoms in total. The van der Waals surface area contributed by atoms with Crippen molar-refractivity contribution in [2.24, 2.45) is 0 Å². The molecule has 0 atom stereocenters. The minimum Gasteiger partial charge on any atom is -0.497 e. The maximum atomic E-state index is 12.8. The molecule has 0 unspecified atom stereocenters. The van der Waals surface area contributed by atoms with Gasteiger partial charge in [-0.25, -0.2) is 12.8 Å². The molecule has 7 heteroatoms. The fourth-order valence-electron chi connectivity index (χ4n) is 2.02. The second-order valence-electron chi connectivity index (χ2n) is 5.15. The molecule has 0 heterocycles. The lowest BCUT2D eigenvalue weighted by Crippen LogP contribution is -2.25. The third-order valence-electron chi connectivity index (χ3n) is 3.42. The summed E-state index contributed by atoms with van der Waals surface area (Å²) in [6.07, 6.45) is -0.143. The quantitative estimate of drug-likeness (QED) is 0.831. The van der Waals surface area contributed by atoms with Crippen LogP contribution in [0.25, 0.3) is 0 Å². The lowest BCUT2D eigenvalue weighted by molar-refractivity contribution is -0.120. The van der Waals surface area contributed by atoms with Gasteiger partial charge in [-0.05, 0) is 42.0 Å². The van der Waals surface area contributed by atoms with Gasteiger partial charge >= 0.3 is 0 Å². The van der Waals surface area contributed by atoms with E-state index in [4.69, 9.17) is 4.74 Å². The normalized spacial score (nSPS) is 11.1. The molecule has 0 spiro atoms. The van der Waals surface area contributed by atoms with Crippen LogP contribution in [0.2, 0.25) is 0 Å². The lowest BCUT2D eigenvalue weighted by Gasteiger charge is -2.07. The lowest BCUT2D eigenvalue weighted by atomic mass is 10.2. The Kier molecular flexibility index (Phi) is 5.92. The average Bonchev–Trinajstić information content (AvgIpc) is 2.59.